The zero-order chi connectivity index (χ0) is 14.6. The molecule has 1 aromatic carbocycles. The van der Waals surface area contributed by atoms with Crippen LogP contribution in [0.25, 0.3) is 0 Å². The second kappa shape index (κ2) is 6.13. The minimum atomic E-state index is -0.197. The zero-order valence-corrected chi connectivity index (χ0v) is 11.8. The van der Waals surface area contributed by atoms with Gasteiger partial charge in [-0.25, -0.2) is 0 Å². The Morgan fingerprint density at radius 1 is 1.37 bits per heavy atom. The molecular formula is C14H20N2O3. The lowest BCUT2D eigenvalue weighted by atomic mass is 10.1. The zero-order valence-electron chi connectivity index (χ0n) is 11.8. The van der Waals surface area contributed by atoms with E-state index in [-0.39, 0.29) is 5.91 Å². The summed E-state index contributed by atoms with van der Waals surface area (Å²) in [5.74, 6) is 0.752. The highest BCUT2D eigenvalue weighted by Gasteiger charge is 2.19. The Hall–Kier alpha value is -2.17. The summed E-state index contributed by atoms with van der Waals surface area (Å²) in [5.41, 5.74) is 7.50. The quantitative estimate of drug-likeness (QED) is 0.652. The van der Waals surface area contributed by atoms with Gasteiger partial charge in [0.15, 0.2) is 0 Å². The summed E-state index contributed by atoms with van der Waals surface area (Å²) in [6.07, 6.45) is 0. The van der Waals surface area contributed by atoms with Crippen LogP contribution in [0.1, 0.15) is 17.3 Å². The van der Waals surface area contributed by atoms with Gasteiger partial charge < -0.3 is 20.1 Å². The Balaban J connectivity index is 3.18. The second-order valence-corrected chi connectivity index (χ2v) is 4.41. The summed E-state index contributed by atoms with van der Waals surface area (Å²) in [7, 11) is 4.72. The topological polar surface area (TPSA) is 64.8 Å². The SMILES string of the molecule is C=C(C)CN(C)C(=O)c1cc(OC)cc(OC)c1N. The van der Waals surface area contributed by atoms with Crippen LogP contribution in [0.4, 0.5) is 5.69 Å². The number of benzene rings is 1. The number of ether oxygens (including phenoxy) is 2. The Morgan fingerprint density at radius 3 is 2.47 bits per heavy atom. The molecule has 5 nitrogen and oxygen atoms in total. The van der Waals surface area contributed by atoms with Gasteiger partial charge >= 0.3 is 0 Å². The van der Waals surface area contributed by atoms with Crippen LogP contribution >= 0.6 is 0 Å². The van der Waals surface area contributed by atoms with Gasteiger partial charge in [0.2, 0.25) is 0 Å². The highest BCUT2D eigenvalue weighted by atomic mass is 16.5. The Morgan fingerprint density at radius 2 is 2.00 bits per heavy atom. The highest BCUT2D eigenvalue weighted by Crippen LogP contribution is 2.31. The molecule has 0 unspecified atom stereocenters. The third-order valence-electron chi connectivity index (χ3n) is 2.66. The lowest BCUT2D eigenvalue weighted by molar-refractivity contribution is 0.0807. The van der Waals surface area contributed by atoms with E-state index in [1.165, 1.54) is 14.2 Å². The fraction of sp³-hybridized carbons (Fsp3) is 0.357. The van der Waals surface area contributed by atoms with E-state index in [0.29, 0.717) is 29.3 Å². The van der Waals surface area contributed by atoms with Crippen molar-refractivity contribution in [1.29, 1.82) is 0 Å². The molecule has 1 rings (SSSR count). The van der Waals surface area contributed by atoms with Gasteiger partial charge in [-0.1, -0.05) is 12.2 Å². The molecule has 0 aliphatic rings. The molecule has 0 fully saturated rings. The molecule has 0 atom stereocenters. The van der Waals surface area contributed by atoms with Crippen LogP contribution in [0, 0.1) is 0 Å². The fourth-order valence-electron chi connectivity index (χ4n) is 1.75. The van der Waals surface area contributed by atoms with Gasteiger partial charge in [-0.15, -0.1) is 0 Å². The van der Waals surface area contributed by atoms with Gasteiger partial charge in [0, 0.05) is 19.7 Å². The molecule has 0 saturated carbocycles. The predicted molar refractivity (Wildman–Crippen MR) is 75.7 cm³/mol. The standard InChI is InChI=1S/C14H20N2O3/c1-9(2)8-16(3)14(17)11-6-10(18-4)7-12(19-5)13(11)15/h6-7H,1,8,15H2,2-5H3. The average molecular weight is 264 g/mol. The largest absolute Gasteiger partial charge is 0.497 e. The third-order valence-corrected chi connectivity index (χ3v) is 2.66. The van der Waals surface area contributed by atoms with Gasteiger partial charge in [-0.05, 0) is 13.0 Å². The van der Waals surface area contributed by atoms with Crippen molar-refractivity contribution < 1.29 is 14.3 Å². The van der Waals surface area contributed by atoms with E-state index in [0.717, 1.165) is 5.57 Å². The van der Waals surface area contributed by atoms with E-state index in [2.05, 4.69) is 6.58 Å². The van der Waals surface area contributed by atoms with Crippen molar-refractivity contribution in [3.8, 4) is 11.5 Å². The molecular weight excluding hydrogens is 244 g/mol. The third kappa shape index (κ3) is 3.40. The summed E-state index contributed by atoms with van der Waals surface area (Å²) in [4.78, 5) is 13.9. The molecule has 0 spiro atoms. The lowest BCUT2D eigenvalue weighted by Crippen LogP contribution is -2.29. The number of nitrogen functional groups attached to an aromatic ring is 1. The van der Waals surface area contributed by atoms with E-state index in [1.54, 1.807) is 24.1 Å². The molecule has 0 heterocycles. The number of carbonyl (C=O) groups is 1. The molecule has 104 valence electrons. The molecule has 0 bridgehead atoms. The van der Waals surface area contributed by atoms with Crippen LogP contribution in [-0.2, 0) is 0 Å². The number of anilines is 1. The summed E-state index contributed by atoms with van der Waals surface area (Å²) in [5, 5.41) is 0. The molecule has 19 heavy (non-hydrogen) atoms. The van der Waals surface area contributed by atoms with Crippen LogP contribution in [0.2, 0.25) is 0 Å². The fourth-order valence-corrected chi connectivity index (χ4v) is 1.75. The smallest absolute Gasteiger partial charge is 0.256 e. The van der Waals surface area contributed by atoms with Crippen molar-refractivity contribution in [1.82, 2.24) is 4.90 Å². The average Bonchev–Trinajstić information content (AvgIpc) is 2.37. The van der Waals surface area contributed by atoms with Gasteiger partial charge in [0.1, 0.15) is 11.5 Å². The van der Waals surface area contributed by atoms with Crippen molar-refractivity contribution in [3.63, 3.8) is 0 Å². The number of likely N-dealkylation sites (N-methyl/N-ethyl adjacent to an activating group) is 1. The minimum Gasteiger partial charge on any atom is -0.497 e. The number of nitrogens with zero attached hydrogens (tertiary/aromatic N) is 1. The minimum absolute atomic E-state index is 0.197. The molecule has 0 aliphatic carbocycles. The first-order valence-corrected chi connectivity index (χ1v) is 5.82. The molecule has 1 aromatic rings. The first-order valence-electron chi connectivity index (χ1n) is 5.82. The summed E-state index contributed by atoms with van der Waals surface area (Å²) in [6.45, 7) is 6.12. The molecule has 2 N–H and O–H groups in total. The van der Waals surface area contributed by atoms with Gasteiger partial charge in [0.25, 0.3) is 5.91 Å². The summed E-state index contributed by atoms with van der Waals surface area (Å²) in [6, 6.07) is 3.25. The second-order valence-electron chi connectivity index (χ2n) is 4.41. The monoisotopic (exact) mass is 264 g/mol. The van der Waals surface area contributed by atoms with Gasteiger partial charge in [0.05, 0.1) is 25.5 Å². The molecule has 0 aromatic heterocycles. The highest BCUT2D eigenvalue weighted by molar-refractivity contribution is 6.00. The van der Waals surface area contributed by atoms with E-state index in [9.17, 15) is 4.79 Å². The maximum absolute atomic E-state index is 12.3. The summed E-state index contributed by atoms with van der Waals surface area (Å²) < 4.78 is 10.3. The number of rotatable bonds is 5. The molecule has 0 radical (unpaired) electrons. The Kier molecular flexibility index (Phi) is 4.80. The first-order chi connectivity index (χ1) is 8.90. The molecule has 0 aliphatic heterocycles. The normalized spacial score (nSPS) is 9.89. The van der Waals surface area contributed by atoms with E-state index in [4.69, 9.17) is 15.2 Å². The van der Waals surface area contributed by atoms with E-state index >= 15 is 0 Å². The molecule has 0 saturated heterocycles. The van der Waals surface area contributed by atoms with Crippen molar-refractivity contribution in [2.45, 2.75) is 6.92 Å². The number of hydrogen-bond acceptors (Lipinski definition) is 4. The maximum atomic E-state index is 12.3. The molecule has 1 amide bonds. The van der Waals surface area contributed by atoms with Crippen molar-refractivity contribution in [2.75, 3.05) is 33.5 Å². The van der Waals surface area contributed by atoms with E-state index < -0.39 is 0 Å². The van der Waals surface area contributed by atoms with E-state index in [1.807, 2.05) is 6.92 Å². The van der Waals surface area contributed by atoms with Gasteiger partial charge in [-0.3, -0.25) is 4.79 Å². The number of carbonyl (C=O) groups excluding carboxylic acids is 1. The van der Waals surface area contributed by atoms with Crippen LogP contribution in [0.3, 0.4) is 0 Å². The number of methoxy groups -OCH3 is 2. The van der Waals surface area contributed by atoms with Crippen LogP contribution in [0.15, 0.2) is 24.3 Å². The first kappa shape index (κ1) is 14.9. The summed E-state index contributed by atoms with van der Waals surface area (Å²) >= 11 is 0. The van der Waals surface area contributed by atoms with Crippen molar-refractivity contribution in [2.24, 2.45) is 0 Å². The van der Waals surface area contributed by atoms with Gasteiger partial charge in [-0.2, -0.15) is 0 Å². The number of hydrogen-bond donors (Lipinski definition) is 1. The predicted octanol–water partition coefficient (Wildman–Crippen LogP) is 1.93. The van der Waals surface area contributed by atoms with Crippen LogP contribution in [-0.4, -0.2) is 38.6 Å². The Labute approximate surface area is 113 Å². The number of nitrogens with two attached hydrogens (primary N) is 1. The lowest BCUT2D eigenvalue weighted by Gasteiger charge is -2.19. The van der Waals surface area contributed by atoms with Crippen LogP contribution in [0.5, 0.6) is 11.5 Å². The molecule has 5 heteroatoms. The van der Waals surface area contributed by atoms with Crippen molar-refractivity contribution in [3.05, 3.63) is 29.8 Å². The maximum Gasteiger partial charge on any atom is 0.256 e. The number of amides is 1. The van der Waals surface area contributed by atoms with Crippen LogP contribution < -0.4 is 15.2 Å². The Bertz CT molecular complexity index is 498. The van der Waals surface area contributed by atoms with Crippen molar-refractivity contribution >= 4 is 11.6 Å².